The zero-order valence-corrected chi connectivity index (χ0v) is 15.0. The Balaban J connectivity index is 0.00000176. The van der Waals surface area contributed by atoms with Crippen LogP contribution in [0.4, 0.5) is 5.82 Å². The highest BCUT2D eigenvalue weighted by atomic mass is 35.5. The molecule has 0 bridgehead atoms. The van der Waals surface area contributed by atoms with E-state index in [1.54, 1.807) is 0 Å². The normalized spacial score (nSPS) is 14.4. The van der Waals surface area contributed by atoms with E-state index in [2.05, 4.69) is 40.6 Å². The standard InChI is InChI=1S/C15H23N5S.ClH/c1-4-7-16-13-11-14(18-12(17-11)9(2)3)20(15(21)19-13)8-10-5-6-10;/h9-10H,4-8H2,1-3H3,(H,17,18)(H,16,19,21);1H. The molecule has 1 fully saturated rings. The lowest BCUT2D eigenvalue weighted by atomic mass is 10.2. The number of imidazole rings is 1. The maximum Gasteiger partial charge on any atom is 0.203 e. The summed E-state index contributed by atoms with van der Waals surface area (Å²) in [5, 5.41) is 3.36. The number of anilines is 1. The zero-order valence-electron chi connectivity index (χ0n) is 13.3. The second kappa shape index (κ2) is 6.96. The maximum atomic E-state index is 5.50. The minimum Gasteiger partial charge on any atom is -0.368 e. The van der Waals surface area contributed by atoms with Gasteiger partial charge < -0.3 is 10.3 Å². The highest BCUT2D eigenvalue weighted by Crippen LogP contribution is 2.32. The third kappa shape index (κ3) is 3.43. The Kier molecular flexibility index (Phi) is 5.45. The van der Waals surface area contributed by atoms with Gasteiger partial charge in [-0.05, 0) is 37.4 Å². The molecule has 2 N–H and O–H groups in total. The monoisotopic (exact) mass is 341 g/mol. The lowest BCUT2D eigenvalue weighted by Crippen LogP contribution is -2.10. The molecule has 2 heterocycles. The van der Waals surface area contributed by atoms with Gasteiger partial charge in [-0.2, -0.15) is 0 Å². The third-order valence-electron chi connectivity index (χ3n) is 3.86. The molecule has 0 saturated heterocycles. The van der Waals surface area contributed by atoms with E-state index in [4.69, 9.17) is 17.2 Å². The van der Waals surface area contributed by atoms with Gasteiger partial charge in [0.1, 0.15) is 11.3 Å². The smallest absolute Gasteiger partial charge is 0.203 e. The first-order chi connectivity index (χ1) is 10.1. The topological polar surface area (TPSA) is 58.5 Å². The molecular formula is C15H24ClN5S. The number of H-pyrrole nitrogens is 1. The van der Waals surface area contributed by atoms with Crippen molar-refractivity contribution in [1.82, 2.24) is 19.5 Å². The molecule has 0 radical (unpaired) electrons. The van der Waals surface area contributed by atoms with E-state index in [-0.39, 0.29) is 12.4 Å². The number of nitrogens with one attached hydrogen (secondary N) is 2. The number of aromatic amines is 1. The Morgan fingerprint density at radius 3 is 2.68 bits per heavy atom. The average Bonchev–Trinajstić information content (AvgIpc) is 3.15. The molecule has 1 aliphatic rings. The summed E-state index contributed by atoms with van der Waals surface area (Å²) >= 11 is 5.50. The number of aromatic nitrogens is 4. The lowest BCUT2D eigenvalue weighted by Gasteiger charge is -2.10. The minimum atomic E-state index is 0. The quantitative estimate of drug-likeness (QED) is 0.770. The van der Waals surface area contributed by atoms with Gasteiger partial charge in [-0.3, -0.25) is 4.57 Å². The molecule has 0 amide bonds. The number of hydrogen-bond acceptors (Lipinski definition) is 4. The number of fused-ring (bicyclic) bond motifs is 1. The SMILES string of the molecule is CCCNc1nc(=S)n(CC2CC2)c2nc(C(C)C)[nH]c12.Cl. The van der Waals surface area contributed by atoms with Crippen LogP contribution >= 0.6 is 24.6 Å². The molecule has 0 aromatic carbocycles. The second-order valence-corrected chi connectivity index (χ2v) is 6.56. The van der Waals surface area contributed by atoms with Gasteiger partial charge >= 0.3 is 0 Å². The lowest BCUT2D eigenvalue weighted by molar-refractivity contribution is 0.621. The predicted molar refractivity (Wildman–Crippen MR) is 95.6 cm³/mol. The average molecular weight is 342 g/mol. The van der Waals surface area contributed by atoms with Crippen molar-refractivity contribution >= 4 is 41.6 Å². The first-order valence-corrected chi connectivity index (χ1v) is 8.25. The second-order valence-electron chi connectivity index (χ2n) is 6.20. The Labute approximate surface area is 142 Å². The van der Waals surface area contributed by atoms with Gasteiger partial charge in [0.15, 0.2) is 11.5 Å². The molecule has 3 rings (SSSR count). The van der Waals surface area contributed by atoms with E-state index in [1.807, 2.05) is 0 Å². The summed E-state index contributed by atoms with van der Waals surface area (Å²) in [5.74, 6) is 2.94. The van der Waals surface area contributed by atoms with Crippen molar-refractivity contribution in [2.45, 2.75) is 52.5 Å². The van der Waals surface area contributed by atoms with E-state index in [9.17, 15) is 0 Å². The zero-order chi connectivity index (χ0) is 15.0. The summed E-state index contributed by atoms with van der Waals surface area (Å²) in [4.78, 5) is 12.8. The summed E-state index contributed by atoms with van der Waals surface area (Å²) in [6, 6.07) is 0. The van der Waals surface area contributed by atoms with Gasteiger partial charge in [-0.25, -0.2) is 9.97 Å². The fourth-order valence-electron chi connectivity index (χ4n) is 2.41. The molecule has 1 aliphatic carbocycles. The van der Waals surface area contributed by atoms with Crippen LogP contribution in [0.1, 0.15) is 51.8 Å². The molecule has 0 spiro atoms. The van der Waals surface area contributed by atoms with Crippen LogP contribution in [0.15, 0.2) is 0 Å². The maximum absolute atomic E-state index is 5.50. The van der Waals surface area contributed by atoms with Crippen molar-refractivity contribution in [2.75, 3.05) is 11.9 Å². The van der Waals surface area contributed by atoms with Crippen LogP contribution in [0, 0.1) is 10.7 Å². The first kappa shape index (κ1) is 17.2. The van der Waals surface area contributed by atoms with Crippen LogP contribution < -0.4 is 5.32 Å². The molecule has 2 aromatic rings. The van der Waals surface area contributed by atoms with Crippen LogP contribution in [-0.4, -0.2) is 26.1 Å². The first-order valence-electron chi connectivity index (χ1n) is 7.84. The molecule has 0 atom stereocenters. The molecule has 5 nitrogen and oxygen atoms in total. The van der Waals surface area contributed by atoms with Crippen LogP contribution in [0.2, 0.25) is 0 Å². The summed E-state index contributed by atoms with van der Waals surface area (Å²) in [5.41, 5.74) is 1.94. The van der Waals surface area contributed by atoms with Gasteiger partial charge in [-0.1, -0.05) is 20.8 Å². The van der Waals surface area contributed by atoms with Crippen LogP contribution in [-0.2, 0) is 6.54 Å². The van der Waals surface area contributed by atoms with Crippen molar-refractivity contribution in [3.8, 4) is 0 Å². The summed E-state index contributed by atoms with van der Waals surface area (Å²) in [6.07, 6.45) is 3.64. The van der Waals surface area contributed by atoms with E-state index < -0.39 is 0 Å². The number of hydrogen-bond donors (Lipinski definition) is 2. The highest BCUT2D eigenvalue weighted by molar-refractivity contribution is 7.71. The van der Waals surface area contributed by atoms with Crippen molar-refractivity contribution in [3.63, 3.8) is 0 Å². The van der Waals surface area contributed by atoms with E-state index >= 15 is 0 Å². The number of nitrogens with zero attached hydrogens (tertiary/aromatic N) is 3. The van der Waals surface area contributed by atoms with Crippen molar-refractivity contribution < 1.29 is 0 Å². The Morgan fingerprint density at radius 1 is 1.36 bits per heavy atom. The summed E-state index contributed by atoms with van der Waals surface area (Å²) in [6.45, 7) is 8.26. The molecule has 1 saturated carbocycles. The highest BCUT2D eigenvalue weighted by Gasteiger charge is 2.24. The van der Waals surface area contributed by atoms with Gasteiger partial charge in [0.25, 0.3) is 0 Å². The van der Waals surface area contributed by atoms with Gasteiger partial charge in [0.2, 0.25) is 4.77 Å². The molecule has 122 valence electrons. The minimum absolute atomic E-state index is 0. The largest absolute Gasteiger partial charge is 0.368 e. The van der Waals surface area contributed by atoms with Crippen molar-refractivity contribution in [3.05, 3.63) is 10.6 Å². The van der Waals surface area contributed by atoms with Gasteiger partial charge in [-0.15, -0.1) is 12.4 Å². The van der Waals surface area contributed by atoms with Crippen LogP contribution in [0.25, 0.3) is 11.2 Å². The third-order valence-corrected chi connectivity index (χ3v) is 4.17. The summed E-state index contributed by atoms with van der Waals surface area (Å²) in [7, 11) is 0. The number of halogens is 1. The van der Waals surface area contributed by atoms with Crippen LogP contribution in [0.5, 0.6) is 0 Å². The number of rotatable bonds is 6. The van der Waals surface area contributed by atoms with Gasteiger partial charge in [0, 0.05) is 19.0 Å². The van der Waals surface area contributed by atoms with Crippen molar-refractivity contribution in [1.29, 1.82) is 0 Å². The molecule has 2 aromatic heterocycles. The molecule has 22 heavy (non-hydrogen) atoms. The van der Waals surface area contributed by atoms with E-state index in [0.29, 0.717) is 10.7 Å². The fourth-order valence-corrected chi connectivity index (χ4v) is 2.67. The summed E-state index contributed by atoms with van der Waals surface area (Å²) < 4.78 is 2.73. The van der Waals surface area contributed by atoms with E-state index in [1.165, 1.54) is 12.8 Å². The Bertz CT molecular complexity index is 702. The van der Waals surface area contributed by atoms with Crippen LogP contribution in [0.3, 0.4) is 0 Å². The Morgan fingerprint density at radius 2 is 2.09 bits per heavy atom. The van der Waals surface area contributed by atoms with Gasteiger partial charge in [0.05, 0.1) is 0 Å². The molecule has 0 unspecified atom stereocenters. The predicted octanol–water partition coefficient (Wildman–Crippen LogP) is 4.27. The Hall–Kier alpha value is -1.14. The fraction of sp³-hybridized carbons (Fsp3) is 0.667. The van der Waals surface area contributed by atoms with E-state index in [0.717, 1.165) is 48.2 Å². The molecule has 0 aliphatic heterocycles. The van der Waals surface area contributed by atoms with Crippen molar-refractivity contribution in [2.24, 2.45) is 5.92 Å². The molecular weight excluding hydrogens is 318 g/mol. The molecule has 7 heteroatoms.